The first-order valence-corrected chi connectivity index (χ1v) is 6.87. The van der Waals surface area contributed by atoms with Crippen molar-refractivity contribution in [1.29, 1.82) is 0 Å². The van der Waals surface area contributed by atoms with Crippen LogP contribution >= 0.6 is 11.8 Å². The molecule has 1 saturated heterocycles. The van der Waals surface area contributed by atoms with E-state index in [1.54, 1.807) is 0 Å². The zero-order valence-electron chi connectivity index (χ0n) is 9.48. The second-order valence-corrected chi connectivity index (χ2v) is 5.55. The highest BCUT2D eigenvalue weighted by atomic mass is 32.2. The van der Waals surface area contributed by atoms with Crippen molar-refractivity contribution in [1.82, 2.24) is 5.32 Å². The van der Waals surface area contributed by atoms with Gasteiger partial charge in [-0.2, -0.15) is 0 Å². The molecule has 2 N–H and O–H groups in total. The minimum Gasteiger partial charge on any atom is -0.394 e. The molecule has 1 aromatic carbocycles. The number of hydrogen-bond acceptors (Lipinski definition) is 3. The number of aliphatic hydroxyl groups is 1. The molecule has 0 spiro atoms. The van der Waals surface area contributed by atoms with Gasteiger partial charge in [-0.1, -0.05) is 18.2 Å². The van der Waals surface area contributed by atoms with Crippen LogP contribution in [-0.4, -0.2) is 29.5 Å². The quantitative estimate of drug-likeness (QED) is 0.771. The van der Waals surface area contributed by atoms with Crippen LogP contribution in [0.1, 0.15) is 19.3 Å². The van der Waals surface area contributed by atoms with E-state index in [9.17, 15) is 5.11 Å². The molecule has 0 aromatic heterocycles. The van der Waals surface area contributed by atoms with Crippen molar-refractivity contribution in [3.63, 3.8) is 0 Å². The summed E-state index contributed by atoms with van der Waals surface area (Å²) in [6.45, 7) is 1.32. The lowest BCUT2D eigenvalue weighted by Crippen LogP contribution is -2.43. The van der Waals surface area contributed by atoms with Gasteiger partial charge in [-0.3, -0.25) is 0 Å². The summed E-state index contributed by atoms with van der Waals surface area (Å²) in [5, 5.41) is 12.9. The Morgan fingerprint density at radius 2 is 2.12 bits per heavy atom. The summed E-state index contributed by atoms with van der Waals surface area (Å²) in [5.74, 6) is 1.07. The first-order valence-electron chi connectivity index (χ1n) is 5.88. The van der Waals surface area contributed by atoms with Crippen LogP contribution in [0.15, 0.2) is 35.2 Å². The minimum absolute atomic E-state index is 0.00177. The lowest BCUT2D eigenvalue weighted by Gasteiger charge is -2.26. The smallest absolute Gasteiger partial charge is 0.0613 e. The first kappa shape index (κ1) is 12.0. The molecule has 16 heavy (non-hydrogen) atoms. The van der Waals surface area contributed by atoms with Gasteiger partial charge >= 0.3 is 0 Å². The molecular formula is C13H19NOS. The monoisotopic (exact) mass is 237 g/mol. The maximum absolute atomic E-state index is 9.44. The van der Waals surface area contributed by atoms with Gasteiger partial charge in [0.05, 0.1) is 6.61 Å². The lowest BCUT2D eigenvalue weighted by molar-refractivity contribution is 0.175. The van der Waals surface area contributed by atoms with Crippen LogP contribution in [0.3, 0.4) is 0 Å². The molecule has 0 amide bonds. The summed E-state index contributed by atoms with van der Waals surface area (Å²) in [4.78, 5) is 1.31. The minimum atomic E-state index is 0.00177. The van der Waals surface area contributed by atoms with E-state index in [0.717, 1.165) is 25.1 Å². The zero-order valence-corrected chi connectivity index (χ0v) is 10.3. The molecular weight excluding hydrogens is 218 g/mol. The van der Waals surface area contributed by atoms with Gasteiger partial charge in [0, 0.05) is 10.4 Å². The number of aliphatic hydroxyl groups excluding tert-OH is 1. The second kappa shape index (κ2) is 5.71. The van der Waals surface area contributed by atoms with Crippen molar-refractivity contribution in [3.05, 3.63) is 30.3 Å². The van der Waals surface area contributed by atoms with Gasteiger partial charge in [0.2, 0.25) is 0 Å². The molecule has 1 unspecified atom stereocenters. The fourth-order valence-corrected chi connectivity index (χ4v) is 3.26. The van der Waals surface area contributed by atoms with Crippen molar-refractivity contribution in [2.75, 3.05) is 18.9 Å². The van der Waals surface area contributed by atoms with Crippen molar-refractivity contribution in [2.45, 2.75) is 29.7 Å². The van der Waals surface area contributed by atoms with Crippen LogP contribution in [0.5, 0.6) is 0 Å². The summed E-state index contributed by atoms with van der Waals surface area (Å²) in [6, 6.07) is 10.4. The van der Waals surface area contributed by atoms with E-state index in [4.69, 9.17) is 0 Å². The molecule has 1 heterocycles. The first-order chi connectivity index (χ1) is 7.85. The van der Waals surface area contributed by atoms with Crippen LogP contribution < -0.4 is 5.32 Å². The summed E-state index contributed by atoms with van der Waals surface area (Å²) in [6.07, 6.45) is 3.35. The van der Waals surface area contributed by atoms with Crippen LogP contribution in [0.4, 0.5) is 0 Å². The number of benzene rings is 1. The Labute approximate surface area is 101 Å². The van der Waals surface area contributed by atoms with Crippen LogP contribution in [0.25, 0.3) is 0 Å². The number of rotatable bonds is 5. The predicted molar refractivity (Wildman–Crippen MR) is 68.8 cm³/mol. The Kier molecular flexibility index (Phi) is 4.27. The number of hydrogen-bond donors (Lipinski definition) is 2. The van der Waals surface area contributed by atoms with Gasteiger partial charge in [-0.15, -0.1) is 11.8 Å². The fourth-order valence-electron chi connectivity index (χ4n) is 2.18. The SMILES string of the molecule is OCC1(CCSc2ccccc2)CCCN1. The van der Waals surface area contributed by atoms with Crippen molar-refractivity contribution in [2.24, 2.45) is 0 Å². The molecule has 0 aliphatic carbocycles. The molecule has 1 aliphatic heterocycles. The normalized spacial score (nSPS) is 24.8. The van der Waals surface area contributed by atoms with Gasteiger partial charge in [0.1, 0.15) is 0 Å². The van der Waals surface area contributed by atoms with Gasteiger partial charge in [-0.25, -0.2) is 0 Å². The van der Waals surface area contributed by atoms with Crippen LogP contribution in [0, 0.1) is 0 Å². The standard InChI is InChI=1S/C13H19NOS/c15-11-13(7-4-9-14-13)8-10-16-12-5-2-1-3-6-12/h1-3,5-6,14-15H,4,7-11H2. The predicted octanol–water partition coefficient (Wildman–Crippen LogP) is 2.28. The van der Waals surface area contributed by atoms with Crippen molar-refractivity contribution >= 4 is 11.8 Å². The highest BCUT2D eigenvalue weighted by Crippen LogP contribution is 2.27. The van der Waals surface area contributed by atoms with Crippen molar-refractivity contribution in [3.8, 4) is 0 Å². The molecule has 1 fully saturated rings. The van der Waals surface area contributed by atoms with Crippen LogP contribution in [-0.2, 0) is 0 Å². The Morgan fingerprint density at radius 1 is 1.31 bits per heavy atom. The average molecular weight is 237 g/mol. The summed E-state index contributed by atoms with van der Waals surface area (Å²) in [7, 11) is 0. The average Bonchev–Trinajstić information content (AvgIpc) is 2.80. The third-order valence-electron chi connectivity index (χ3n) is 3.23. The Hall–Kier alpha value is -0.510. The molecule has 0 bridgehead atoms. The molecule has 88 valence electrons. The molecule has 0 radical (unpaired) electrons. The molecule has 3 heteroatoms. The lowest BCUT2D eigenvalue weighted by atomic mass is 9.96. The summed E-state index contributed by atoms with van der Waals surface area (Å²) < 4.78 is 0. The van der Waals surface area contributed by atoms with E-state index >= 15 is 0 Å². The summed E-state index contributed by atoms with van der Waals surface area (Å²) in [5.41, 5.74) is 0.00177. The van der Waals surface area contributed by atoms with E-state index in [1.807, 2.05) is 17.8 Å². The molecule has 1 aromatic rings. The van der Waals surface area contributed by atoms with E-state index in [1.165, 1.54) is 11.3 Å². The van der Waals surface area contributed by atoms with Crippen molar-refractivity contribution < 1.29 is 5.11 Å². The molecule has 1 atom stereocenters. The second-order valence-electron chi connectivity index (χ2n) is 4.38. The molecule has 2 nitrogen and oxygen atoms in total. The molecule has 1 aliphatic rings. The fraction of sp³-hybridized carbons (Fsp3) is 0.538. The number of nitrogens with one attached hydrogen (secondary N) is 1. The van der Waals surface area contributed by atoms with E-state index in [2.05, 4.69) is 29.6 Å². The topological polar surface area (TPSA) is 32.3 Å². The highest BCUT2D eigenvalue weighted by molar-refractivity contribution is 7.99. The van der Waals surface area contributed by atoms with Gasteiger partial charge < -0.3 is 10.4 Å². The van der Waals surface area contributed by atoms with E-state index < -0.39 is 0 Å². The largest absolute Gasteiger partial charge is 0.394 e. The summed E-state index contributed by atoms with van der Waals surface area (Å²) >= 11 is 1.87. The van der Waals surface area contributed by atoms with Gasteiger partial charge in [-0.05, 0) is 43.7 Å². The molecule has 2 rings (SSSR count). The Balaban J connectivity index is 1.79. The number of thioether (sulfide) groups is 1. The maximum Gasteiger partial charge on any atom is 0.0613 e. The third kappa shape index (κ3) is 3.00. The van der Waals surface area contributed by atoms with E-state index in [-0.39, 0.29) is 12.1 Å². The van der Waals surface area contributed by atoms with Gasteiger partial charge in [0.25, 0.3) is 0 Å². The van der Waals surface area contributed by atoms with E-state index in [0.29, 0.717) is 0 Å². The third-order valence-corrected chi connectivity index (χ3v) is 4.24. The molecule has 0 saturated carbocycles. The van der Waals surface area contributed by atoms with Crippen LogP contribution in [0.2, 0.25) is 0 Å². The maximum atomic E-state index is 9.44. The Bertz CT molecular complexity index is 309. The van der Waals surface area contributed by atoms with Gasteiger partial charge in [0.15, 0.2) is 0 Å². The zero-order chi connectivity index (χ0) is 11.3. The highest BCUT2D eigenvalue weighted by Gasteiger charge is 2.31. The Morgan fingerprint density at radius 3 is 2.75 bits per heavy atom.